The molecule has 0 saturated carbocycles. The summed E-state index contributed by atoms with van der Waals surface area (Å²) in [7, 11) is 0. The highest BCUT2D eigenvalue weighted by molar-refractivity contribution is 4.52. The van der Waals surface area contributed by atoms with Crippen LogP contribution in [0, 0.1) is 6.20 Å². The van der Waals surface area contributed by atoms with Crippen molar-refractivity contribution >= 4 is 0 Å². The zero-order valence-corrected chi connectivity index (χ0v) is 2.51. The SMILES string of the molecule is [c]1cocn1. The standard InChI is InChI=1S/C3H2NO/c1-2-5-3-4-1/h2-3H. The molecule has 0 spiro atoms. The minimum atomic E-state index is 1.32. The quantitative estimate of drug-likeness (QED) is 0.441. The van der Waals surface area contributed by atoms with Gasteiger partial charge in [0.15, 0.2) is 6.39 Å². The van der Waals surface area contributed by atoms with Crippen molar-refractivity contribution in [2.24, 2.45) is 0 Å². The Kier molecular flexibility index (Phi) is 0.433. The molecular weight excluding hydrogens is 66.0 g/mol. The van der Waals surface area contributed by atoms with Gasteiger partial charge in [-0.2, -0.15) is 0 Å². The Morgan fingerprint density at radius 2 is 2.80 bits per heavy atom. The van der Waals surface area contributed by atoms with E-state index in [2.05, 4.69) is 15.6 Å². The summed E-state index contributed by atoms with van der Waals surface area (Å²) in [6.45, 7) is 0. The molecule has 25 valence electrons. The first-order chi connectivity index (χ1) is 2.50. The van der Waals surface area contributed by atoms with Gasteiger partial charge < -0.3 is 4.42 Å². The zero-order valence-electron chi connectivity index (χ0n) is 2.51. The van der Waals surface area contributed by atoms with E-state index in [4.69, 9.17) is 0 Å². The summed E-state index contributed by atoms with van der Waals surface area (Å²) in [5, 5.41) is 0. The number of nitrogens with zero attached hydrogens (tertiary/aromatic N) is 1. The molecule has 0 unspecified atom stereocenters. The first kappa shape index (κ1) is 2.45. The summed E-state index contributed by atoms with van der Waals surface area (Å²) in [6.07, 6.45) is 5.15. The van der Waals surface area contributed by atoms with Crippen LogP contribution in [0.1, 0.15) is 0 Å². The van der Waals surface area contributed by atoms with Crippen LogP contribution < -0.4 is 0 Å². The van der Waals surface area contributed by atoms with Crippen LogP contribution in [0.3, 0.4) is 0 Å². The van der Waals surface area contributed by atoms with E-state index in [1.54, 1.807) is 0 Å². The Morgan fingerprint density at radius 3 is 3.00 bits per heavy atom. The van der Waals surface area contributed by atoms with Crippen molar-refractivity contribution in [2.75, 3.05) is 0 Å². The topological polar surface area (TPSA) is 26.0 Å². The smallest absolute Gasteiger partial charge is 0.181 e. The molecule has 0 saturated heterocycles. The van der Waals surface area contributed by atoms with Crippen molar-refractivity contribution in [3.05, 3.63) is 18.9 Å². The second-order valence-electron chi connectivity index (χ2n) is 0.618. The van der Waals surface area contributed by atoms with Crippen LogP contribution in [0.4, 0.5) is 0 Å². The molecule has 1 heterocycles. The van der Waals surface area contributed by atoms with Gasteiger partial charge in [0.05, 0.1) is 0 Å². The lowest BCUT2D eigenvalue weighted by Gasteiger charge is -1.47. The van der Waals surface area contributed by atoms with Gasteiger partial charge >= 0.3 is 0 Å². The number of hydrogen-bond acceptors (Lipinski definition) is 2. The molecule has 0 N–H and O–H groups in total. The lowest BCUT2D eigenvalue weighted by Crippen LogP contribution is -1.40. The van der Waals surface area contributed by atoms with Gasteiger partial charge in [0.25, 0.3) is 0 Å². The highest BCUT2D eigenvalue weighted by Crippen LogP contribution is 1.70. The average molecular weight is 68.1 g/mol. The number of hydrogen-bond donors (Lipinski definition) is 0. The maximum Gasteiger partial charge on any atom is 0.181 e. The molecule has 1 aromatic rings. The van der Waals surface area contributed by atoms with Gasteiger partial charge in [-0.3, -0.25) is 0 Å². The highest BCUT2D eigenvalue weighted by atomic mass is 16.3. The molecule has 0 aromatic carbocycles. The number of rotatable bonds is 0. The molecule has 0 aliphatic carbocycles. The Labute approximate surface area is 29.4 Å². The first-order valence-corrected chi connectivity index (χ1v) is 1.24. The van der Waals surface area contributed by atoms with Crippen LogP contribution >= 0.6 is 0 Å². The van der Waals surface area contributed by atoms with Crippen molar-refractivity contribution < 1.29 is 4.42 Å². The van der Waals surface area contributed by atoms with E-state index < -0.39 is 0 Å². The molecule has 0 bridgehead atoms. The third kappa shape index (κ3) is 0.265. The van der Waals surface area contributed by atoms with Gasteiger partial charge in [-0.05, 0) is 0 Å². The van der Waals surface area contributed by atoms with Gasteiger partial charge in [-0.15, -0.1) is 0 Å². The van der Waals surface area contributed by atoms with Crippen molar-refractivity contribution in [2.45, 2.75) is 0 Å². The molecule has 0 atom stereocenters. The van der Waals surface area contributed by atoms with Crippen molar-refractivity contribution in [3.63, 3.8) is 0 Å². The largest absolute Gasteiger partial charge is 0.451 e. The summed E-state index contributed by atoms with van der Waals surface area (Å²) in [6, 6.07) is 0. The second-order valence-corrected chi connectivity index (χ2v) is 0.618. The summed E-state index contributed by atoms with van der Waals surface area (Å²) in [4.78, 5) is 3.43. The molecule has 1 rings (SSSR count). The van der Waals surface area contributed by atoms with Crippen molar-refractivity contribution in [1.29, 1.82) is 0 Å². The maximum atomic E-state index is 4.42. The van der Waals surface area contributed by atoms with Gasteiger partial charge in [-0.1, -0.05) is 0 Å². The average Bonchev–Trinajstić information content (AvgIpc) is 1.76. The molecule has 1 radical (unpaired) electrons. The molecule has 2 nitrogen and oxygen atoms in total. The van der Waals surface area contributed by atoms with E-state index in [-0.39, 0.29) is 0 Å². The Hall–Kier alpha value is -0.790. The van der Waals surface area contributed by atoms with E-state index in [0.717, 1.165) is 0 Å². The lowest BCUT2D eigenvalue weighted by atomic mass is 11.0. The third-order valence-electron chi connectivity index (χ3n) is 0.309. The first-order valence-electron chi connectivity index (χ1n) is 1.24. The maximum absolute atomic E-state index is 4.42. The summed E-state index contributed by atoms with van der Waals surface area (Å²) < 4.78 is 4.42. The predicted molar refractivity (Wildman–Crippen MR) is 15.3 cm³/mol. The number of oxazole rings is 1. The van der Waals surface area contributed by atoms with Gasteiger partial charge in [0.2, 0.25) is 0 Å². The molecule has 0 aliphatic rings. The van der Waals surface area contributed by atoms with E-state index >= 15 is 0 Å². The monoisotopic (exact) mass is 68.0 g/mol. The van der Waals surface area contributed by atoms with Crippen molar-refractivity contribution in [1.82, 2.24) is 4.98 Å². The zero-order chi connectivity index (χ0) is 3.54. The third-order valence-corrected chi connectivity index (χ3v) is 0.309. The Balaban J connectivity index is 3.13. The number of aromatic nitrogens is 1. The molecule has 1 aromatic heterocycles. The molecule has 0 amide bonds. The minimum Gasteiger partial charge on any atom is -0.451 e. The van der Waals surface area contributed by atoms with Crippen LogP contribution in [0.15, 0.2) is 17.1 Å². The second kappa shape index (κ2) is 0.885. The van der Waals surface area contributed by atoms with E-state index in [1.807, 2.05) is 0 Å². The molecule has 0 fully saturated rings. The molecule has 5 heavy (non-hydrogen) atoms. The van der Waals surface area contributed by atoms with Gasteiger partial charge in [0.1, 0.15) is 12.5 Å². The van der Waals surface area contributed by atoms with Crippen molar-refractivity contribution in [3.8, 4) is 0 Å². The Bertz CT molecular complexity index is 63.4. The van der Waals surface area contributed by atoms with Crippen LogP contribution in [-0.4, -0.2) is 4.98 Å². The van der Waals surface area contributed by atoms with Crippen LogP contribution in [0.25, 0.3) is 0 Å². The van der Waals surface area contributed by atoms with E-state index in [1.165, 1.54) is 12.7 Å². The van der Waals surface area contributed by atoms with Crippen LogP contribution in [0.2, 0.25) is 0 Å². The normalized spacial score (nSPS) is 8.00. The fourth-order valence-electron chi connectivity index (χ4n) is 0.152. The van der Waals surface area contributed by atoms with Crippen LogP contribution in [0.5, 0.6) is 0 Å². The fourth-order valence-corrected chi connectivity index (χ4v) is 0.152. The summed E-state index contributed by atoms with van der Waals surface area (Å²) in [5.74, 6) is 0. The molecule has 0 aliphatic heterocycles. The molecular formula is C3H2NO. The van der Waals surface area contributed by atoms with Gasteiger partial charge in [0, 0.05) is 0 Å². The van der Waals surface area contributed by atoms with Crippen LogP contribution in [-0.2, 0) is 0 Å². The minimum absolute atomic E-state index is 1.32. The predicted octanol–water partition coefficient (Wildman–Crippen LogP) is 0.475. The van der Waals surface area contributed by atoms with E-state index in [0.29, 0.717) is 0 Å². The van der Waals surface area contributed by atoms with E-state index in [9.17, 15) is 0 Å². The highest BCUT2D eigenvalue weighted by Gasteiger charge is 1.61. The Morgan fingerprint density at radius 1 is 1.80 bits per heavy atom. The summed E-state index contributed by atoms with van der Waals surface area (Å²) in [5.41, 5.74) is 0. The molecule has 2 heteroatoms. The fraction of sp³-hybridized carbons (Fsp3) is 0. The van der Waals surface area contributed by atoms with Gasteiger partial charge in [-0.25, -0.2) is 4.98 Å². The summed E-state index contributed by atoms with van der Waals surface area (Å²) >= 11 is 0. The lowest BCUT2D eigenvalue weighted by molar-refractivity contribution is 0.557.